The Morgan fingerprint density at radius 1 is 0.967 bits per heavy atom. The largest absolute Gasteiger partial charge is 0.507 e. The number of hydrogen-bond donors (Lipinski definition) is 1. The first kappa shape index (κ1) is 19.9. The number of ether oxygens (including phenoxy) is 1. The minimum absolute atomic E-state index is 0.141. The van der Waals surface area contributed by atoms with Gasteiger partial charge in [-0.15, -0.1) is 0 Å². The quantitative estimate of drug-likeness (QED) is 0.595. The molecule has 152 valence electrons. The number of ketones is 1. The summed E-state index contributed by atoms with van der Waals surface area (Å²) in [4.78, 5) is 15.2. The average Bonchev–Trinajstić information content (AvgIpc) is 3.04. The fourth-order valence-corrected chi connectivity index (χ4v) is 3.84. The Bertz CT molecular complexity index is 1130. The molecule has 1 aliphatic rings. The molecule has 0 fully saturated rings. The van der Waals surface area contributed by atoms with Crippen LogP contribution in [0.15, 0.2) is 66.4 Å². The molecule has 0 radical (unpaired) electrons. The van der Waals surface area contributed by atoms with Gasteiger partial charge in [-0.2, -0.15) is 0 Å². The Morgan fingerprint density at radius 2 is 1.67 bits per heavy atom. The van der Waals surface area contributed by atoms with Crippen molar-refractivity contribution >= 4 is 11.9 Å². The predicted octanol–water partition coefficient (Wildman–Crippen LogP) is 5.26. The molecule has 0 bridgehead atoms. The van der Waals surface area contributed by atoms with Crippen LogP contribution in [0.5, 0.6) is 11.5 Å². The van der Waals surface area contributed by atoms with Crippen LogP contribution in [0.1, 0.15) is 38.2 Å². The van der Waals surface area contributed by atoms with Crippen molar-refractivity contribution in [3.63, 3.8) is 0 Å². The number of fused-ring (bicyclic) bond motifs is 1. The first-order valence-electron chi connectivity index (χ1n) is 10.0. The molecular formula is C26H25NO3. The van der Waals surface area contributed by atoms with Gasteiger partial charge in [0.2, 0.25) is 5.78 Å². The van der Waals surface area contributed by atoms with E-state index in [2.05, 4.69) is 17.0 Å². The fraction of sp³-hybridized carbons (Fsp3) is 0.192. The zero-order valence-corrected chi connectivity index (χ0v) is 17.5. The zero-order chi connectivity index (χ0) is 21.3. The third kappa shape index (κ3) is 3.87. The number of carbonyl (C=O) groups is 1. The van der Waals surface area contributed by atoms with Crippen LogP contribution < -0.4 is 4.74 Å². The maximum atomic E-state index is 13.1. The first-order valence-corrected chi connectivity index (χ1v) is 10.0. The van der Waals surface area contributed by atoms with Crippen molar-refractivity contribution in [1.82, 2.24) is 4.90 Å². The van der Waals surface area contributed by atoms with Gasteiger partial charge in [0.05, 0.1) is 11.1 Å². The van der Waals surface area contributed by atoms with E-state index in [-0.39, 0.29) is 11.5 Å². The van der Waals surface area contributed by atoms with E-state index in [9.17, 15) is 9.90 Å². The lowest BCUT2D eigenvalue weighted by Gasteiger charge is -2.19. The van der Waals surface area contributed by atoms with E-state index in [0.29, 0.717) is 29.2 Å². The Kier molecular flexibility index (Phi) is 5.42. The maximum absolute atomic E-state index is 13.1. The highest BCUT2D eigenvalue weighted by Gasteiger charge is 2.33. The number of benzene rings is 3. The molecule has 1 aliphatic heterocycles. The van der Waals surface area contributed by atoms with Gasteiger partial charge in [0, 0.05) is 13.1 Å². The summed E-state index contributed by atoms with van der Waals surface area (Å²) in [6, 6.07) is 19.7. The number of nitrogens with zero attached hydrogens (tertiary/aromatic N) is 1. The molecule has 0 saturated heterocycles. The Morgan fingerprint density at radius 3 is 2.40 bits per heavy atom. The van der Waals surface area contributed by atoms with Gasteiger partial charge in [-0.25, -0.2) is 0 Å². The van der Waals surface area contributed by atoms with Crippen molar-refractivity contribution < 1.29 is 14.6 Å². The van der Waals surface area contributed by atoms with Crippen LogP contribution >= 0.6 is 0 Å². The highest BCUT2D eigenvalue weighted by molar-refractivity contribution is 6.16. The van der Waals surface area contributed by atoms with Crippen LogP contribution in [-0.4, -0.2) is 22.8 Å². The van der Waals surface area contributed by atoms with Gasteiger partial charge in [-0.1, -0.05) is 54.6 Å². The van der Waals surface area contributed by atoms with E-state index in [1.807, 2.05) is 63.4 Å². The van der Waals surface area contributed by atoms with E-state index in [4.69, 9.17) is 4.74 Å². The Balaban J connectivity index is 1.66. The number of rotatable bonds is 5. The van der Waals surface area contributed by atoms with E-state index in [1.54, 1.807) is 12.1 Å². The summed E-state index contributed by atoms with van der Waals surface area (Å²) in [6.45, 7) is 5.02. The molecule has 1 N–H and O–H groups in total. The van der Waals surface area contributed by atoms with Gasteiger partial charge in [0.25, 0.3) is 0 Å². The number of allylic oxidation sites excluding steroid dienone is 1. The summed E-state index contributed by atoms with van der Waals surface area (Å²) in [7, 11) is 1.99. The van der Waals surface area contributed by atoms with E-state index in [0.717, 1.165) is 23.2 Å². The number of carbonyl (C=O) groups excluding carboxylic acids is 1. The molecule has 0 amide bonds. The monoisotopic (exact) mass is 399 g/mol. The van der Waals surface area contributed by atoms with Crippen LogP contribution in [-0.2, 0) is 13.1 Å². The van der Waals surface area contributed by atoms with Crippen LogP contribution in [0.3, 0.4) is 0 Å². The summed E-state index contributed by atoms with van der Waals surface area (Å²) in [5, 5.41) is 10.6. The number of aryl methyl sites for hydroxylation is 2. The van der Waals surface area contributed by atoms with Gasteiger partial charge in [0.1, 0.15) is 11.5 Å². The molecule has 0 spiro atoms. The third-order valence-corrected chi connectivity index (χ3v) is 5.42. The minimum Gasteiger partial charge on any atom is -0.507 e. The van der Waals surface area contributed by atoms with Crippen molar-refractivity contribution in [2.75, 3.05) is 7.05 Å². The summed E-state index contributed by atoms with van der Waals surface area (Å²) >= 11 is 0. The van der Waals surface area contributed by atoms with Gasteiger partial charge in [-0.3, -0.25) is 9.69 Å². The molecule has 0 unspecified atom stereocenters. The molecular weight excluding hydrogens is 374 g/mol. The molecule has 1 heterocycles. The standard InChI is InChI=1S/C26H25NO3/c1-17-9-7-8-12-20(17)14-23-25(29)24-18(2)13-22(28)21(26(24)30-23)16-27(3)15-19-10-5-4-6-11-19/h4-14,28H,15-16H2,1-3H3/b23-14-. The van der Waals surface area contributed by atoms with E-state index < -0.39 is 0 Å². The van der Waals surface area contributed by atoms with Crippen molar-refractivity contribution in [2.24, 2.45) is 0 Å². The number of phenols is 1. The van der Waals surface area contributed by atoms with Crippen LogP contribution in [0.25, 0.3) is 6.08 Å². The summed E-state index contributed by atoms with van der Waals surface area (Å²) in [5.74, 6) is 0.769. The van der Waals surface area contributed by atoms with Crippen molar-refractivity contribution in [3.8, 4) is 11.5 Å². The molecule has 0 saturated carbocycles. The molecule has 3 aromatic carbocycles. The molecule has 4 nitrogen and oxygen atoms in total. The average molecular weight is 399 g/mol. The van der Waals surface area contributed by atoms with Gasteiger partial charge >= 0.3 is 0 Å². The minimum atomic E-state index is -0.141. The maximum Gasteiger partial charge on any atom is 0.232 e. The summed E-state index contributed by atoms with van der Waals surface area (Å²) < 4.78 is 6.05. The number of Topliss-reactive ketones (excluding diaryl/α,β-unsaturated/α-hetero) is 1. The topological polar surface area (TPSA) is 49.8 Å². The lowest BCUT2D eigenvalue weighted by Crippen LogP contribution is -2.17. The fourth-order valence-electron chi connectivity index (χ4n) is 3.84. The van der Waals surface area contributed by atoms with Crippen LogP contribution in [0.4, 0.5) is 0 Å². The number of phenolic OH excluding ortho intramolecular Hbond substituents is 1. The normalized spacial score (nSPS) is 14.3. The lowest BCUT2D eigenvalue weighted by atomic mass is 9.98. The highest BCUT2D eigenvalue weighted by Crippen LogP contribution is 2.42. The van der Waals surface area contributed by atoms with E-state index >= 15 is 0 Å². The molecule has 0 atom stereocenters. The van der Waals surface area contributed by atoms with Crippen molar-refractivity contribution in [1.29, 1.82) is 0 Å². The predicted molar refractivity (Wildman–Crippen MR) is 119 cm³/mol. The third-order valence-electron chi connectivity index (χ3n) is 5.42. The first-order chi connectivity index (χ1) is 14.4. The molecule has 3 aromatic rings. The summed E-state index contributed by atoms with van der Waals surface area (Å²) in [6.07, 6.45) is 1.78. The molecule has 0 aromatic heterocycles. The lowest BCUT2D eigenvalue weighted by molar-refractivity contribution is 0.101. The number of hydrogen-bond acceptors (Lipinski definition) is 4. The van der Waals surface area contributed by atoms with Crippen LogP contribution in [0.2, 0.25) is 0 Å². The second kappa shape index (κ2) is 8.17. The second-order valence-electron chi connectivity index (χ2n) is 7.85. The molecule has 30 heavy (non-hydrogen) atoms. The summed E-state index contributed by atoms with van der Waals surface area (Å²) in [5.41, 5.74) is 5.08. The molecule has 4 heteroatoms. The van der Waals surface area contributed by atoms with Gasteiger partial charge in [-0.05, 0) is 55.3 Å². The Labute approximate surface area is 177 Å². The van der Waals surface area contributed by atoms with Crippen LogP contribution in [0, 0.1) is 13.8 Å². The molecule has 4 rings (SSSR count). The SMILES string of the molecule is Cc1ccccc1/C=C1\Oc2c(CN(C)Cc3ccccc3)c(O)cc(C)c2C1=O. The van der Waals surface area contributed by atoms with E-state index in [1.165, 1.54) is 5.56 Å². The van der Waals surface area contributed by atoms with Gasteiger partial charge in [0.15, 0.2) is 5.76 Å². The van der Waals surface area contributed by atoms with Crippen molar-refractivity contribution in [3.05, 3.63) is 99.8 Å². The Hall–Kier alpha value is -3.37. The highest BCUT2D eigenvalue weighted by atomic mass is 16.5. The zero-order valence-electron chi connectivity index (χ0n) is 17.5. The number of aromatic hydroxyl groups is 1. The molecule has 0 aliphatic carbocycles. The second-order valence-corrected chi connectivity index (χ2v) is 7.85. The van der Waals surface area contributed by atoms with Gasteiger partial charge < -0.3 is 9.84 Å². The smallest absolute Gasteiger partial charge is 0.232 e. The van der Waals surface area contributed by atoms with Crippen molar-refractivity contribution in [2.45, 2.75) is 26.9 Å².